The molecule has 1 fully saturated rings. The summed E-state index contributed by atoms with van der Waals surface area (Å²) in [6, 6.07) is 3.36. The number of pyridine rings is 1. The van der Waals surface area contributed by atoms with E-state index in [0.717, 1.165) is 0 Å². The van der Waals surface area contributed by atoms with Crippen molar-refractivity contribution in [3.63, 3.8) is 0 Å². The summed E-state index contributed by atoms with van der Waals surface area (Å²) in [5, 5.41) is 14.1. The molecule has 1 aromatic rings. The van der Waals surface area contributed by atoms with Crippen LogP contribution in [0.2, 0.25) is 0 Å². The Morgan fingerprint density at radius 3 is 2.70 bits per heavy atom. The van der Waals surface area contributed by atoms with Crippen LogP contribution in [0.25, 0.3) is 0 Å². The minimum Gasteiger partial charge on any atom is -0.366 e. The van der Waals surface area contributed by atoms with Crippen LogP contribution in [0.5, 0.6) is 0 Å². The summed E-state index contributed by atoms with van der Waals surface area (Å²) in [5.74, 6) is 1.25. The van der Waals surface area contributed by atoms with Crippen LogP contribution in [0, 0.1) is 23.0 Å². The summed E-state index contributed by atoms with van der Waals surface area (Å²) in [5.41, 5.74) is 6.35. The Labute approximate surface area is 118 Å². The van der Waals surface area contributed by atoms with E-state index in [1.807, 2.05) is 0 Å². The van der Waals surface area contributed by atoms with Gasteiger partial charge in [0.2, 0.25) is 0 Å². The number of nitrogens with two attached hydrogens (primary N) is 1. The lowest BCUT2D eigenvalue weighted by Gasteiger charge is -2.30. The van der Waals surface area contributed by atoms with Crippen LogP contribution in [0.3, 0.4) is 0 Å². The average Bonchev–Trinajstić information content (AvgIpc) is 2.45. The molecular formula is C14H22N4O2. The molecule has 1 saturated carbocycles. The Morgan fingerprint density at radius 2 is 2.15 bits per heavy atom. The zero-order valence-corrected chi connectivity index (χ0v) is 11.8. The lowest BCUT2D eigenvalue weighted by Crippen LogP contribution is -2.37. The van der Waals surface area contributed by atoms with Gasteiger partial charge in [-0.15, -0.1) is 0 Å². The first-order valence-electron chi connectivity index (χ1n) is 7.20. The highest BCUT2D eigenvalue weighted by Crippen LogP contribution is 2.28. The molecule has 1 atom stereocenters. The number of nitro groups is 1. The van der Waals surface area contributed by atoms with E-state index < -0.39 is 4.92 Å². The van der Waals surface area contributed by atoms with E-state index in [4.69, 9.17) is 5.73 Å². The summed E-state index contributed by atoms with van der Waals surface area (Å²) in [6.07, 6.45) is 6.22. The summed E-state index contributed by atoms with van der Waals surface area (Å²) in [6.45, 7) is 2.21. The van der Waals surface area contributed by atoms with E-state index in [1.54, 1.807) is 13.0 Å². The van der Waals surface area contributed by atoms with E-state index in [-0.39, 0.29) is 11.7 Å². The second kappa shape index (κ2) is 6.65. The molecule has 110 valence electrons. The van der Waals surface area contributed by atoms with Gasteiger partial charge in [-0.1, -0.05) is 19.3 Å². The molecule has 1 heterocycles. The van der Waals surface area contributed by atoms with Gasteiger partial charge in [0, 0.05) is 18.7 Å². The normalized spacial score (nSPS) is 17.7. The smallest absolute Gasteiger partial charge is 0.290 e. The first-order valence-corrected chi connectivity index (χ1v) is 7.20. The van der Waals surface area contributed by atoms with Crippen LogP contribution < -0.4 is 11.1 Å². The highest BCUT2D eigenvalue weighted by molar-refractivity contribution is 5.45. The molecule has 0 aromatic carbocycles. The molecule has 3 N–H and O–H groups in total. The number of hydrogen-bond acceptors (Lipinski definition) is 5. The topological polar surface area (TPSA) is 94.1 Å². The number of nitrogens with one attached hydrogen (secondary N) is 1. The zero-order valence-electron chi connectivity index (χ0n) is 11.8. The Balaban J connectivity index is 2.07. The number of rotatable bonds is 5. The van der Waals surface area contributed by atoms with Crippen molar-refractivity contribution >= 4 is 11.5 Å². The largest absolute Gasteiger partial charge is 0.366 e. The number of anilines is 1. The third-order valence-corrected chi connectivity index (χ3v) is 4.06. The quantitative estimate of drug-likeness (QED) is 0.637. The molecule has 0 aliphatic heterocycles. The molecule has 0 spiro atoms. The van der Waals surface area contributed by atoms with Gasteiger partial charge in [-0.2, -0.15) is 0 Å². The van der Waals surface area contributed by atoms with Crippen molar-refractivity contribution in [1.29, 1.82) is 0 Å². The molecule has 0 bridgehead atoms. The van der Waals surface area contributed by atoms with E-state index in [1.165, 1.54) is 38.2 Å². The van der Waals surface area contributed by atoms with Gasteiger partial charge in [-0.25, -0.2) is 4.98 Å². The number of aryl methyl sites for hydroxylation is 1. The molecule has 2 rings (SSSR count). The standard InChI is InChI=1S/C14H22N4O2/c1-10-13(18(19)20)7-8-14(16-10)17-12(9-15)11-5-3-2-4-6-11/h7-8,11-12H,2-6,9,15H2,1H3,(H,16,17). The highest BCUT2D eigenvalue weighted by Gasteiger charge is 2.23. The molecule has 0 amide bonds. The fourth-order valence-corrected chi connectivity index (χ4v) is 2.92. The number of nitrogens with zero attached hydrogens (tertiary/aromatic N) is 2. The Morgan fingerprint density at radius 1 is 1.45 bits per heavy atom. The lowest BCUT2D eigenvalue weighted by atomic mass is 9.84. The van der Waals surface area contributed by atoms with Crippen molar-refractivity contribution < 1.29 is 4.92 Å². The van der Waals surface area contributed by atoms with Crippen molar-refractivity contribution in [2.75, 3.05) is 11.9 Å². The third kappa shape index (κ3) is 3.45. The maximum Gasteiger partial charge on any atom is 0.290 e. The summed E-state index contributed by atoms with van der Waals surface area (Å²) >= 11 is 0. The second-order valence-corrected chi connectivity index (χ2v) is 5.44. The predicted octanol–water partition coefficient (Wildman–Crippen LogP) is 2.62. The van der Waals surface area contributed by atoms with Gasteiger partial charge in [-0.05, 0) is 31.7 Å². The molecule has 1 aromatic heterocycles. The van der Waals surface area contributed by atoms with Crippen LogP contribution in [-0.2, 0) is 0 Å². The van der Waals surface area contributed by atoms with Gasteiger partial charge in [0.05, 0.1) is 4.92 Å². The van der Waals surface area contributed by atoms with Gasteiger partial charge in [0.1, 0.15) is 11.5 Å². The van der Waals surface area contributed by atoms with Gasteiger partial charge in [-0.3, -0.25) is 10.1 Å². The molecular weight excluding hydrogens is 256 g/mol. The van der Waals surface area contributed by atoms with Gasteiger partial charge < -0.3 is 11.1 Å². The Hall–Kier alpha value is -1.69. The summed E-state index contributed by atoms with van der Waals surface area (Å²) in [4.78, 5) is 14.6. The minimum atomic E-state index is -0.409. The van der Waals surface area contributed by atoms with Crippen molar-refractivity contribution in [2.45, 2.75) is 45.1 Å². The van der Waals surface area contributed by atoms with E-state index >= 15 is 0 Å². The zero-order chi connectivity index (χ0) is 14.5. The first kappa shape index (κ1) is 14.7. The van der Waals surface area contributed by atoms with Gasteiger partial charge in [0.25, 0.3) is 5.69 Å². The maximum absolute atomic E-state index is 10.8. The monoisotopic (exact) mass is 278 g/mol. The Kier molecular flexibility index (Phi) is 4.89. The molecule has 6 heteroatoms. The molecule has 6 nitrogen and oxygen atoms in total. The van der Waals surface area contributed by atoms with Crippen LogP contribution in [0.1, 0.15) is 37.8 Å². The number of aromatic nitrogens is 1. The van der Waals surface area contributed by atoms with Crippen molar-refractivity contribution in [3.05, 3.63) is 27.9 Å². The lowest BCUT2D eigenvalue weighted by molar-refractivity contribution is -0.385. The minimum absolute atomic E-state index is 0.0533. The molecule has 1 aliphatic carbocycles. The average molecular weight is 278 g/mol. The van der Waals surface area contributed by atoms with E-state index in [0.29, 0.717) is 24.0 Å². The molecule has 0 radical (unpaired) electrons. The number of hydrogen-bond donors (Lipinski definition) is 2. The maximum atomic E-state index is 10.8. The van der Waals surface area contributed by atoms with Crippen molar-refractivity contribution in [2.24, 2.45) is 11.7 Å². The first-order chi connectivity index (χ1) is 9.61. The fraction of sp³-hybridized carbons (Fsp3) is 0.643. The molecule has 0 saturated heterocycles. The molecule has 1 aliphatic rings. The summed E-state index contributed by atoms with van der Waals surface area (Å²) < 4.78 is 0. The van der Waals surface area contributed by atoms with Gasteiger partial charge >= 0.3 is 0 Å². The van der Waals surface area contributed by atoms with Crippen LogP contribution in [0.4, 0.5) is 11.5 Å². The predicted molar refractivity (Wildman–Crippen MR) is 78.7 cm³/mol. The summed E-state index contributed by atoms with van der Waals surface area (Å²) in [7, 11) is 0. The van der Waals surface area contributed by atoms with Crippen molar-refractivity contribution in [3.8, 4) is 0 Å². The van der Waals surface area contributed by atoms with Crippen LogP contribution in [-0.4, -0.2) is 22.5 Å². The third-order valence-electron chi connectivity index (χ3n) is 4.06. The van der Waals surface area contributed by atoms with Crippen LogP contribution >= 0.6 is 0 Å². The second-order valence-electron chi connectivity index (χ2n) is 5.44. The van der Waals surface area contributed by atoms with E-state index in [2.05, 4.69) is 10.3 Å². The van der Waals surface area contributed by atoms with Gasteiger partial charge in [0.15, 0.2) is 0 Å². The van der Waals surface area contributed by atoms with E-state index in [9.17, 15) is 10.1 Å². The Bertz CT molecular complexity index is 472. The fourth-order valence-electron chi connectivity index (χ4n) is 2.92. The van der Waals surface area contributed by atoms with Crippen molar-refractivity contribution in [1.82, 2.24) is 4.98 Å². The molecule has 20 heavy (non-hydrogen) atoms. The molecule has 1 unspecified atom stereocenters. The van der Waals surface area contributed by atoms with Crippen LogP contribution in [0.15, 0.2) is 12.1 Å². The SMILES string of the molecule is Cc1nc(NC(CN)C2CCCCC2)ccc1[N+](=O)[O-]. The highest BCUT2D eigenvalue weighted by atomic mass is 16.6.